The molecule has 5 heteroatoms. The summed E-state index contributed by atoms with van der Waals surface area (Å²) in [5.41, 5.74) is 1.54. The van der Waals surface area contributed by atoms with E-state index in [0.29, 0.717) is 18.0 Å². The quantitative estimate of drug-likeness (QED) is 0.852. The van der Waals surface area contributed by atoms with Gasteiger partial charge < -0.3 is 15.4 Å². The lowest BCUT2D eigenvalue weighted by atomic mass is 9.91. The van der Waals surface area contributed by atoms with Gasteiger partial charge in [0.1, 0.15) is 5.82 Å². The molecule has 1 heterocycles. The van der Waals surface area contributed by atoms with Crippen LogP contribution in [0.5, 0.6) is 0 Å². The van der Waals surface area contributed by atoms with Crippen LogP contribution in [0.15, 0.2) is 24.3 Å². The van der Waals surface area contributed by atoms with Gasteiger partial charge in [0, 0.05) is 30.6 Å². The Morgan fingerprint density at radius 3 is 2.67 bits per heavy atom. The molecule has 0 aromatic heterocycles. The van der Waals surface area contributed by atoms with Gasteiger partial charge in [0.15, 0.2) is 0 Å². The second-order valence-corrected chi connectivity index (χ2v) is 7.50. The molecule has 2 aliphatic carbocycles. The molecule has 24 heavy (non-hydrogen) atoms. The molecule has 134 valence electrons. The third kappa shape index (κ3) is 3.77. The number of nitrogens with one attached hydrogen (secondary N) is 2. The molecular formula is C19H28ClFN2O. The van der Waals surface area contributed by atoms with Crippen LogP contribution in [0.2, 0.25) is 0 Å². The Hall–Kier alpha value is -0.680. The van der Waals surface area contributed by atoms with E-state index in [1.807, 2.05) is 12.1 Å². The van der Waals surface area contributed by atoms with Crippen molar-refractivity contribution in [3.05, 3.63) is 35.6 Å². The lowest BCUT2D eigenvalue weighted by Gasteiger charge is -2.33. The summed E-state index contributed by atoms with van der Waals surface area (Å²) in [5, 5.41) is 7.49. The van der Waals surface area contributed by atoms with Crippen LogP contribution in [0.4, 0.5) is 4.39 Å². The van der Waals surface area contributed by atoms with Crippen molar-refractivity contribution in [2.75, 3.05) is 26.3 Å². The minimum absolute atomic E-state index is 0. The molecule has 3 aliphatic rings. The first-order valence-electron chi connectivity index (χ1n) is 9.07. The first-order valence-corrected chi connectivity index (χ1v) is 9.07. The van der Waals surface area contributed by atoms with Crippen molar-refractivity contribution in [3.63, 3.8) is 0 Å². The molecule has 3 fully saturated rings. The van der Waals surface area contributed by atoms with Crippen LogP contribution in [0, 0.1) is 11.7 Å². The maximum atomic E-state index is 13.1. The Morgan fingerprint density at radius 2 is 2.00 bits per heavy atom. The number of benzene rings is 1. The molecule has 2 N–H and O–H groups in total. The summed E-state index contributed by atoms with van der Waals surface area (Å²) in [7, 11) is 0. The van der Waals surface area contributed by atoms with Crippen molar-refractivity contribution in [2.24, 2.45) is 5.92 Å². The summed E-state index contributed by atoms with van der Waals surface area (Å²) < 4.78 is 18.8. The monoisotopic (exact) mass is 354 g/mol. The smallest absolute Gasteiger partial charge is 0.123 e. The van der Waals surface area contributed by atoms with Crippen LogP contribution < -0.4 is 10.6 Å². The summed E-state index contributed by atoms with van der Waals surface area (Å²) in [5.74, 6) is 0.538. The highest BCUT2D eigenvalue weighted by Crippen LogP contribution is 2.48. The van der Waals surface area contributed by atoms with Crippen molar-refractivity contribution in [3.8, 4) is 0 Å². The lowest BCUT2D eigenvalue weighted by Crippen LogP contribution is -2.51. The molecule has 1 aromatic rings. The van der Waals surface area contributed by atoms with Gasteiger partial charge in [-0.1, -0.05) is 18.6 Å². The molecule has 1 aliphatic heterocycles. The van der Waals surface area contributed by atoms with Gasteiger partial charge in [0.05, 0.1) is 13.2 Å². The fraction of sp³-hybridized carbons (Fsp3) is 0.684. The van der Waals surface area contributed by atoms with Gasteiger partial charge in [-0.25, -0.2) is 4.39 Å². The molecule has 3 atom stereocenters. The number of halogens is 2. The third-order valence-electron chi connectivity index (χ3n) is 6.05. The van der Waals surface area contributed by atoms with Crippen molar-refractivity contribution < 1.29 is 9.13 Å². The minimum Gasteiger partial charge on any atom is -0.379 e. The topological polar surface area (TPSA) is 33.3 Å². The zero-order valence-corrected chi connectivity index (χ0v) is 14.9. The summed E-state index contributed by atoms with van der Waals surface area (Å²) in [6.45, 7) is 3.70. The number of hydrogen-bond donors (Lipinski definition) is 2. The van der Waals surface area contributed by atoms with Crippen molar-refractivity contribution in [1.29, 1.82) is 0 Å². The van der Waals surface area contributed by atoms with E-state index in [-0.39, 0.29) is 23.6 Å². The molecule has 1 aromatic carbocycles. The number of ether oxygens (including phenoxy) is 1. The van der Waals surface area contributed by atoms with Gasteiger partial charge in [0.2, 0.25) is 0 Å². The lowest BCUT2D eigenvalue weighted by molar-refractivity contribution is 0.0524. The summed E-state index contributed by atoms with van der Waals surface area (Å²) in [6, 6.07) is 8.21. The van der Waals surface area contributed by atoms with E-state index in [1.165, 1.54) is 37.7 Å². The molecule has 0 bridgehead atoms. The Bertz CT molecular complexity index is 529. The predicted octanol–water partition coefficient (Wildman–Crippen LogP) is 3.03. The van der Waals surface area contributed by atoms with E-state index in [4.69, 9.17) is 4.74 Å². The average molecular weight is 355 g/mol. The first-order chi connectivity index (χ1) is 11.3. The Morgan fingerprint density at radius 1 is 1.21 bits per heavy atom. The molecule has 2 saturated carbocycles. The average Bonchev–Trinajstić information content (AvgIpc) is 3.23. The fourth-order valence-corrected chi connectivity index (χ4v) is 4.43. The maximum absolute atomic E-state index is 13.1. The molecule has 4 rings (SSSR count). The second kappa shape index (κ2) is 7.69. The zero-order chi connectivity index (χ0) is 15.7. The van der Waals surface area contributed by atoms with Gasteiger partial charge in [-0.2, -0.15) is 0 Å². The Labute approximate surface area is 150 Å². The molecule has 3 nitrogen and oxygen atoms in total. The van der Waals surface area contributed by atoms with Crippen LogP contribution >= 0.6 is 12.4 Å². The van der Waals surface area contributed by atoms with Gasteiger partial charge in [-0.15, -0.1) is 12.4 Å². The first kappa shape index (κ1) is 18.1. The summed E-state index contributed by atoms with van der Waals surface area (Å²) >= 11 is 0. The van der Waals surface area contributed by atoms with E-state index >= 15 is 0 Å². The minimum atomic E-state index is -0.142. The van der Waals surface area contributed by atoms with Gasteiger partial charge in [0.25, 0.3) is 0 Å². The Balaban J connectivity index is 0.00000169. The predicted molar refractivity (Wildman–Crippen MR) is 96.3 cm³/mol. The summed E-state index contributed by atoms with van der Waals surface area (Å²) in [4.78, 5) is 0. The molecule has 1 saturated heterocycles. The fourth-order valence-electron chi connectivity index (χ4n) is 4.43. The highest BCUT2D eigenvalue weighted by molar-refractivity contribution is 5.85. The molecule has 0 spiro atoms. The van der Waals surface area contributed by atoms with Gasteiger partial charge in [-0.3, -0.25) is 0 Å². The van der Waals surface area contributed by atoms with E-state index < -0.39 is 0 Å². The molecule has 0 radical (unpaired) electrons. The van der Waals surface area contributed by atoms with E-state index in [1.54, 1.807) is 12.1 Å². The molecule has 3 unspecified atom stereocenters. The second-order valence-electron chi connectivity index (χ2n) is 7.50. The highest BCUT2D eigenvalue weighted by atomic mass is 35.5. The van der Waals surface area contributed by atoms with Crippen molar-refractivity contribution >= 4 is 12.4 Å². The van der Waals surface area contributed by atoms with Gasteiger partial charge in [-0.05, 0) is 49.3 Å². The largest absolute Gasteiger partial charge is 0.379 e. The number of hydrogen-bond acceptors (Lipinski definition) is 3. The van der Waals surface area contributed by atoms with E-state index in [9.17, 15) is 4.39 Å². The van der Waals surface area contributed by atoms with Crippen molar-refractivity contribution in [1.82, 2.24) is 10.6 Å². The maximum Gasteiger partial charge on any atom is 0.123 e. The molecule has 0 amide bonds. The van der Waals surface area contributed by atoms with Crippen LogP contribution in [0.25, 0.3) is 0 Å². The van der Waals surface area contributed by atoms with Crippen LogP contribution in [-0.2, 0) is 10.2 Å². The van der Waals surface area contributed by atoms with E-state index in [0.717, 1.165) is 26.3 Å². The molecular weight excluding hydrogens is 327 g/mol. The van der Waals surface area contributed by atoms with Crippen LogP contribution in [0.3, 0.4) is 0 Å². The zero-order valence-electron chi connectivity index (χ0n) is 14.1. The summed E-state index contributed by atoms with van der Waals surface area (Å²) in [6.07, 6.45) is 6.30. The Kier molecular flexibility index (Phi) is 5.81. The number of morpholine rings is 1. The normalized spacial score (nSPS) is 31.5. The van der Waals surface area contributed by atoms with Crippen molar-refractivity contribution in [2.45, 2.75) is 49.6 Å². The highest BCUT2D eigenvalue weighted by Gasteiger charge is 2.45. The third-order valence-corrected chi connectivity index (χ3v) is 6.05. The van der Waals surface area contributed by atoms with Crippen LogP contribution in [0.1, 0.15) is 37.7 Å². The van der Waals surface area contributed by atoms with Gasteiger partial charge >= 0.3 is 0 Å². The SMILES string of the molecule is Cl.Fc1ccc(C2(CNC3CCCC3C3COCCN3)CC2)cc1. The van der Waals surface area contributed by atoms with E-state index in [2.05, 4.69) is 10.6 Å². The standard InChI is InChI=1S/C19H27FN2O.ClH/c20-15-6-4-14(5-7-15)19(8-9-19)13-22-17-3-1-2-16(17)18-12-23-11-10-21-18;/h4-7,16-18,21-22H,1-3,8-13H2;1H. The number of rotatable bonds is 5. The van der Waals surface area contributed by atoms with Crippen LogP contribution in [-0.4, -0.2) is 38.4 Å².